The number of esters is 1. The molecule has 0 saturated heterocycles. The normalized spacial score (nSPS) is 11.0. The molecule has 23 heavy (non-hydrogen) atoms. The topological polar surface area (TPSA) is 86.0 Å². The number of allylic oxidation sites excluding steroid dienone is 1. The molecule has 0 saturated carbocycles. The summed E-state index contributed by atoms with van der Waals surface area (Å²) in [6, 6.07) is 4.18. The second kappa shape index (κ2) is 7.49. The van der Waals surface area contributed by atoms with Crippen LogP contribution in [-0.2, 0) is 4.79 Å². The quantitative estimate of drug-likeness (QED) is 0.381. The van der Waals surface area contributed by atoms with Crippen molar-refractivity contribution >= 4 is 16.9 Å². The van der Waals surface area contributed by atoms with Gasteiger partial charge in [-0.15, -0.1) is 0 Å². The van der Waals surface area contributed by atoms with Crippen molar-refractivity contribution in [2.75, 3.05) is 6.61 Å². The van der Waals surface area contributed by atoms with Crippen molar-refractivity contribution < 1.29 is 23.8 Å². The molecule has 0 radical (unpaired) electrons. The van der Waals surface area contributed by atoms with Crippen LogP contribution in [0.25, 0.3) is 11.0 Å². The number of aromatic hydroxyl groups is 1. The van der Waals surface area contributed by atoms with E-state index in [1.54, 1.807) is 0 Å². The van der Waals surface area contributed by atoms with Crippen LogP contribution in [0.15, 0.2) is 39.6 Å². The van der Waals surface area contributed by atoms with Crippen LogP contribution >= 0.6 is 0 Å². The summed E-state index contributed by atoms with van der Waals surface area (Å²) in [7, 11) is 0. The van der Waals surface area contributed by atoms with Crippen molar-refractivity contribution in [2.24, 2.45) is 0 Å². The van der Waals surface area contributed by atoms with Crippen LogP contribution in [0.3, 0.4) is 0 Å². The lowest BCUT2D eigenvalue weighted by Crippen LogP contribution is -2.12. The number of carbonyl (C=O) groups excluding carboxylic acids is 1. The number of rotatable bonds is 6. The highest BCUT2D eigenvalue weighted by Crippen LogP contribution is 2.34. The standard InChI is InChI=1S/C17H18O6/c1-3-4-5-6-9-21-16-15(22-11(2)18)13-8-7-12(19)10-14(13)23-17(16)20/h4-5,7-8,10,19H,3,6,9H2,1-2H3. The van der Waals surface area contributed by atoms with Crippen molar-refractivity contribution in [3.8, 4) is 17.2 Å². The number of fused-ring (bicyclic) bond motifs is 1. The lowest BCUT2D eigenvalue weighted by atomic mass is 10.2. The van der Waals surface area contributed by atoms with E-state index >= 15 is 0 Å². The molecular weight excluding hydrogens is 300 g/mol. The average molecular weight is 318 g/mol. The van der Waals surface area contributed by atoms with Gasteiger partial charge in [0.1, 0.15) is 11.3 Å². The largest absolute Gasteiger partial charge is 0.508 e. The molecule has 0 unspecified atom stereocenters. The number of benzene rings is 1. The minimum atomic E-state index is -0.765. The summed E-state index contributed by atoms with van der Waals surface area (Å²) in [6.45, 7) is 3.50. The molecule has 0 atom stereocenters. The highest BCUT2D eigenvalue weighted by molar-refractivity contribution is 5.89. The van der Waals surface area contributed by atoms with E-state index in [1.165, 1.54) is 25.1 Å². The average Bonchev–Trinajstić information content (AvgIpc) is 2.48. The summed E-state index contributed by atoms with van der Waals surface area (Å²) >= 11 is 0. The summed E-state index contributed by atoms with van der Waals surface area (Å²) in [4.78, 5) is 23.4. The van der Waals surface area contributed by atoms with Gasteiger partial charge in [-0.1, -0.05) is 19.1 Å². The van der Waals surface area contributed by atoms with E-state index in [4.69, 9.17) is 13.9 Å². The van der Waals surface area contributed by atoms with Gasteiger partial charge >= 0.3 is 11.6 Å². The third kappa shape index (κ3) is 4.12. The van der Waals surface area contributed by atoms with E-state index in [9.17, 15) is 14.7 Å². The molecule has 0 fully saturated rings. The number of hydrogen-bond donors (Lipinski definition) is 1. The third-order valence-electron chi connectivity index (χ3n) is 2.98. The summed E-state index contributed by atoms with van der Waals surface area (Å²) in [6.07, 6.45) is 5.45. The summed E-state index contributed by atoms with van der Waals surface area (Å²) < 4.78 is 15.7. The number of phenols is 1. The molecule has 1 aromatic carbocycles. The van der Waals surface area contributed by atoms with Crippen molar-refractivity contribution in [3.05, 3.63) is 40.8 Å². The SMILES string of the molecule is CCC=CCCOc1c(OC(C)=O)c2ccc(O)cc2oc1=O. The molecular formula is C17H18O6. The molecule has 2 rings (SSSR count). The maximum Gasteiger partial charge on any atom is 0.383 e. The Kier molecular flexibility index (Phi) is 5.41. The Balaban J connectivity index is 2.42. The van der Waals surface area contributed by atoms with Gasteiger partial charge in [0, 0.05) is 13.0 Å². The summed E-state index contributed by atoms with van der Waals surface area (Å²) in [5.41, 5.74) is -0.650. The fourth-order valence-electron chi connectivity index (χ4n) is 2.03. The van der Waals surface area contributed by atoms with Crippen molar-refractivity contribution in [1.29, 1.82) is 0 Å². The Morgan fingerprint density at radius 1 is 1.30 bits per heavy atom. The molecule has 122 valence electrons. The molecule has 0 amide bonds. The van der Waals surface area contributed by atoms with Gasteiger partial charge in [0.25, 0.3) is 0 Å². The molecule has 0 aliphatic heterocycles. The van der Waals surface area contributed by atoms with Crippen LogP contribution in [0.2, 0.25) is 0 Å². The molecule has 1 heterocycles. The first kappa shape index (κ1) is 16.6. The Hall–Kier alpha value is -2.76. The minimum absolute atomic E-state index is 0.00298. The van der Waals surface area contributed by atoms with E-state index in [2.05, 4.69) is 0 Å². The maximum atomic E-state index is 12.1. The zero-order valence-electron chi connectivity index (χ0n) is 13.0. The van der Waals surface area contributed by atoms with Gasteiger partial charge < -0.3 is 19.0 Å². The van der Waals surface area contributed by atoms with Crippen LogP contribution in [0.4, 0.5) is 0 Å². The Morgan fingerprint density at radius 2 is 2.09 bits per heavy atom. The number of phenolic OH excluding ortho intramolecular Hbond substituents is 1. The van der Waals surface area contributed by atoms with E-state index in [0.29, 0.717) is 11.8 Å². The van der Waals surface area contributed by atoms with E-state index in [1.807, 2.05) is 19.1 Å². The van der Waals surface area contributed by atoms with Crippen LogP contribution in [0.5, 0.6) is 17.2 Å². The van der Waals surface area contributed by atoms with Gasteiger partial charge in [-0.05, 0) is 25.0 Å². The fraction of sp³-hybridized carbons (Fsp3) is 0.294. The molecule has 1 N–H and O–H groups in total. The predicted molar refractivity (Wildman–Crippen MR) is 85.0 cm³/mol. The lowest BCUT2D eigenvalue weighted by Gasteiger charge is -2.11. The van der Waals surface area contributed by atoms with Crippen LogP contribution in [0, 0.1) is 0 Å². The second-order valence-electron chi connectivity index (χ2n) is 4.84. The van der Waals surface area contributed by atoms with E-state index < -0.39 is 11.6 Å². The van der Waals surface area contributed by atoms with Gasteiger partial charge in [0.05, 0.1) is 12.0 Å². The molecule has 0 aliphatic rings. The fourth-order valence-corrected chi connectivity index (χ4v) is 2.03. The number of carbonyl (C=O) groups is 1. The van der Waals surface area contributed by atoms with Crippen molar-refractivity contribution in [2.45, 2.75) is 26.7 Å². The molecule has 6 nitrogen and oxygen atoms in total. The highest BCUT2D eigenvalue weighted by atomic mass is 16.6. The first-order valence-electron chi connectivity index (χ1n) is 7.29. The van der Waals surface area contributed by atoms with Gasteiger partial charge in [-0.3, -0.25) is 4.79 Å². The van der Waals surface area contributed by atoms with Crippen molar-refractivity contribution in [1.82, 2.24) is 0 Å². The van der Waals surface area contributed by atoms with Gasteiger partial charge in [0.15, 0.2) is 5.75 Å². The van der Waals surface area contributed by atoms with E-state index in [0.717, 1.165) is 6.42 Å². The Morgan fingerprint density at radius 3 is 2.78 bits per heavy atom. The van der Waals surface area contributed by atoms with Gasteiger partial charge in [-0.2, -0.15) is 0 Å². The second-order valence-corrected chi connectivity index (χ2v) is 4.84. The smallest absolute Gasteiger partial charge is 0.383 e. The molecule has 0 bridgehead atoms. The number of hydrogen-bond acceptors (Lipinski definition) is 6. The summed E-state index contributed by atoms with van der Waals surface area (Å²) in [5.74, 6) is -0.792. The predicted octanol–water partition coefficient (Wildman–Crippen LogP) is 3.16. The molecule has 2 aromatic rings. The number of ether oxygens (including phenoxy) is 2. The van der Waals surface area contributed by atoms with Gasteiger partial charge in [-0.25, -0.2) is 4.79 Å². The van der Waals surface area contributed by atoms with Gasteiger partial charge in [0.2, 0.25) is 5.75 Å². The van der Waals surface area contributed by atoms with Crippen LogP contribution in [-0.4, -0.2) is 17.7 Å². The monoisotopic (exact) mass is 318 g/mol. The first-order valence-corrected chi connectivity index (χ1v) is 7.29. The lowest BCUT2D eigenvalue weighted by molar-refractivity contribution is -0.131. The molecule has 6 heteroatoms. The van der Waals surface area contributed by atoms with Crippen LogP contribution < -0.4 is 15.1 Å². The van der Waals surface area contributed by atoms with E-state index in [-0.39, 0.29) is 29.4 Å². The summed E-state index contributed by atoms with van der Waals surface area (Å²) in [5, 5.41) is 9.85. The van der Waals surface area contributed by atoms with Crippen molar-refractivity contribution in [3.63, 3.8) is 0 Å². The first-order chi connectivity index (χ1) is 11.0. The molecule has 0 spiro atoms. The molecule has 1 aromatic heterocycles. The highest BCUT2D eigenvalue weighted by Gasteiger charge is 2.19. The zero-order chi connectivity index (χ0) is 16.8. The Bertz CT molecular complexity index is 788. The zero-order valence-corrected chi connectivity index (χ0v) is 13.0. The third-order valence-corrected chi connectivity index (χ3v) is 2.98. The van der Waals surface area contributed by atoms with Crippen LogP contribution in [0.1, 0.15) is 26.7 Å². The maximum absolute atomic E-state index is 12.1. The minimum Gasteiger partial charge on any atom is -0.508 e. The Labute approximate surface area is 132 Å². The molecule has 0 aliphatic carbocycles.